The van der Waals surface area contributed by atoms with Crippen LogP contribution in [0.4, 0.5) is 0 Å². The Balaban J connectivity index is 1.76. The highest BCUT2D eigenvalue weighted by Gasteiger charge is 2.18. The summed E-state index contributed by atoms with van der Waals surface area (Å²) in [6, 6.07) is 7.38. The maximum absolute atomic E-state index is 11.7. The molecule has 0 radical (unpaired) electrons. The van der Waals surface area contributed by atoms with Crippen LogP contribution in [0.5, 0.6) is 5.75 Å². The van der Waals surface area contributed by atoms with Gasteiger partial charge in [-0.1, -0.05) is 12.1 Å². The summed E-state index contributed by atoms with van der Waals surface area (Å²) < 4.78 is 10.3. The summed E-state index contributed by atoms with van der Waals surface area (Å²) in [5, 5.41) is 0. The number of carbonyl (C=O) groups is 2. The average Bonchev–Trinajstić information content (AvgIpc) is 3.07. The number of amides is 1. The predicted octanol–water partition coefficient (Wildman–Crippen LogP) is 2.26. The van der Waals surface area contributed by atoms with Crippen LogP contribution >= 0.6 is 0 Å². The van der Waals surface area contributed by atoms with Gasteiger partial charge in [-0.15, -0.1) is 0 Å². The molecule has 22 heavy (non-hydrogen) atoms. The Morgan fingerprint density at radius 3 is 2.50 bits per heavy atom. The lowest BCUT2D eigenvalue weighted by atomic mass is 10.2. The van der Waals surface area contributed by atoms with Crippen molar-refractivity contribution in [3.05, 3.63) is 35.9 Å². The second kappa shape index (κ2) is 8.22. The SMILES string of the molecule is CCOc1ccc(C=CC(=O)OCC(=O)N2CCCC2)cc1. The first-order valence-electron chi connectivity index (χ1n) is 7.54. The summed E-state index contributed by atoms with van der Waals surface area (Å²) in [4.78, 5) is 25.1. The van der Waals surface area contributed by atoms with E-state index in [2.05, 4.69) is 0 Å². The summed E-state index contributed by atoms with van der Waals surface area (Å²) >= 11 is 0. The molecule has 1 aliphatic heterocycles. The fourth-order valence-electron chi connectivity index (χ4n) is 2.24. The fraction of sp³-hybridized carbons (Fsp3) is 0.412. The summed E-state index contributed by atoms with van der Waals surface area (Å²) in [7, 11) is 0. The maximum Gasteiger partial charge on any atom is 0.331 e. The number of carbonyl (C=O) groups excluding carboxylic acids is 2. The van der Waals surface area contributed by atoms with E-state index in [0.717, 1.165) is 37.2 Å². The summed E-state index contributed by atoms with van der Waals surface area (Å²) in [6.07, 6.45) is 5.03. The lowest BCUT2D eigenvalue weighted by Gasteiger charge is -2.14. The van der Waals surface area contributed by atoms with Gasteiger partial charge in [0.15, 0.2) is 6.61 Å². The van der Waals surface area contributed by atoms with E-state index < -0.39 is 5.97 Å². The Labute approximate surface area is 130 Å². The van der Waals surface area contributed by atoms with Gasteiger partial charge in [-0.25, -0.2) is 4.79 Å². The number of benzene rings is 1. The molecule has 5 nitrogen and oxygen atoms in total. The third-order valence-corrected chi connectivity index (χ3v) is 3.40. The Kier molecular flexibility index (Phi) is 6.01. The first kappa shape index (κ1) is 16.1. The predicted molar refractivity (Wildman–Crippen MR) is 83.4 cm³/mol. The highest BCUT2D eigenvalue weighted by atomic mass is 16.5. The van der Waals surface area contributed by atoms with Crippen LogP contribution in [-0.4, -0.2) is 43.1 Å². The Morgan fingerprint density at radius 1 is 1.18 bits per heavy atom. The van der Waals surface area contributed by atoms with Crippen molar-refractivity contribution in [1.29, 1.82) is 0 Å². The minimum atomic E-state index is -0.513. The molecule has 1 fully saturated rings. The zero-order valence-corrected chi connectivity index (χ0v) is 12.8. The fourth-order valence-corrected chi connectivity index (χ4v) is 2.24. The third-order valence-electron chi connectivity index (χ3n) is 3.40. The van der Waals surface area contributed by atoms with Gasteiger partial charge in [-0.2, -0.15) is 0 Å². The molecule has 5 heteroatoms. The molecule has 0 N–H and O–H groups in total. The second-order valence-corrected chi connectivity index (χ2v) is 5.03. The van der Waals surface area contributed by atoms with E-state index in [1.807, 2.05) is 31.2 Å². The Bertz CT molecular complexity index is 530. The van der Waals surface area contributed by atoms with Crippen LogP contribution in [0.1, 0.15) is 25.3 Å². The van der Waals surface area contributed by atoms with Gasteiger partial charge in [0, 0.05) is 19.2 Å². The van der Waals surface area contributed by atoms with Gasteiger partial charge in [-0.05, 0) is 43.5 Å². The minimum Gasteiger partial charge on any atom is -0.494 e. The van der Waals surface area contributed by atoms with Crippen molar-refractivity contribution in [3.8, 4) is 5.75 Å². The number of likely N-dealkylation sites (tertiary alicyclic amines) is 1. The molecule has 0 aromatic heterocycles. The molecule has 0 saturated carbocycles. The first-order valence-corrected chi connectivity index (χ1v) is 7.54. The summed E-state index contributed by atoms with van der Waals surface area (Å²) in [5.41, 5.74) is 0.867. The van der Waals surface area contributed by atoms with E-state index in [9.17, 15) is 9.59 Å². The van der Waals surface area contributed by atoms with Crippen molar-refractivity contribution in [2.45, 2.75) is 19.8 Å². The normalized spacial score (nSPS) is 14.3. The third kappa shape index (κ3) is 4.91. The molecule has 1 amide bonds. The number of nitrogens with zero attached hydrogens (tertiary/aromatic N) is 1. The van der Waals surface area contributed by atoms with Crippen LogP contribution in [0.2, 0.25) is 0 Å². The molecule has 0 aliphatic carbocycles. The molecule has 0 bridgehead atoms. The second-order valence-electron chi connectivity index (χ2n) is 5.03. The Morgan fingerprint density at radius 2 is 1.86 bits per heavy atom. The highest BCUT2D eigenvalue weighted by molar-refractivity contribution is 5.89. The van der Waals surface area contributed by atoms with Gasteiger partial charge < -0.3 is 14.4 Å². The number of hydrogen-bond acceptors (Lipinski definition) is 4. The minimum absolute atomic E-state index is 0.125. The van der Waals surface area contributed by atoms with E-state index in [0.29, 0.717) is 6.61 Å². The van der Waals surface area contributed by atoms with Crippen molar-refractivity contribution in [3.63, 3.8) is 0 Å². The van der Waals surface area contributed by atoms with Gasteiger partial charge in [0.25, 0.3) is 5.91 Å². The van der Waals surface area contributed by atoms with Crippen molar-refractivity contribution in [2.75, 3.05) is 26.3 Å². The quantitative estimate of drug-likeness (QED) is 0.597. The lowest BCUT2D eigenvalue weighted by Crippen LogP contribution is -2.31. The Hall–Kier alpha value is -2.30. The van der Waals surface area contributed by atoms with Crippen LogP contribution in [0, 0.1) is 0 Å². The molecular weight excluding hydrogens is 282 g/mol. The van der Waals surface area contributed by atoms with Gasteiger partial charge in [0.05, 0.1) is 6.61 Å². The van der Waals surface area contributed by atoms with Crippen LogP contribution in [0.3, 0.4) is 0 Å². The van der Waals surface area contributed by atoms with Crippen molar-refractivity contribution < 1.29 is 19.1 Å². The largest absolute Gasteiger partial charge is 0.494 e. The van der Waals surface area contributed by atoms with Gasteiger partial charge >= 0.3 is 5.97 Å². The van der Waals surface area contributed by atoms with E-state index in [1.165, 1.54) is 6.08 Å². The first-order chi connectivity index (χ1) is 10.7. The molecule has 1 saturated heterocycles. The van der Waals surface area contributed by atoms with E-state index in [-0.39, 0.29) is 12.5 Å². The smallest absolute Gasteiger partial charge is 0.331 e. The van der Waals surface area contributed by atoms with Gasteiger partial charge in [-0.3, -0.25) is 4.79 Å². The van der Waals surface area contributed by atoms with Crippen molar-refractivity contribution in [2.24, 2.45) is 0 Å². The lowest BCUT2D eigenvalue weighted by molar-refractivity contribution is -0.147. The summed E-state index contributed by atoms with van der Waals surface area (Å²) in [6.45, 7) is 3.88. The van der Waals surface area contributed by atoms with Gasteiger partial charge in [0.1, 0.15) is 5.75 Å². The molecule has 1 aromatic rings. The summed E-state index contributed by atoms with van der Waals surface area (Å²) in [5.74, 6) is 0.153. The topological polar surface area (TPSA) is 55.8 Å². The van der Waals surface area contributed by atoms with Crippen LogP contribution in [0.25, 0.3) is 6.08 Å². The zero-order chi connectivity index (χ0) is 15.8. The van der Waals surface area contributed by atoms with Crippen LogP contribution in [0.15, 0.2) is 30.3 Å². The monoisotopic (exact) mass is 303 g/mol. The average molecular weight is 303 g/mol. The molecule has 0 spiro atoms. The number of rotatable bonds is 6. The molecule has 2 rings (SSSR count). The highest BCUT2D eigenvalue weighted by Crippen LogP contribution is 2.13. The van der Waals surface area contributed by atoms with Gasteiger partial charge in [0.2, 0.25) is 0 Å². The zero-order valence-electron chi connectivity index (χ0n) is 12.8. The molecule has 1 aromatic carbocycles. The standard InChI is InChI=1S/C17H21NO4/c1-2-21-15-8-5-14(6-9-15)7-10-17(20)22-13-16(19)18-11-3-4-12-18/h5-10H,2-4,11-13H2,1H3. The van der Waals surface area contributed by atoms with E-state index >= 15 is 0 Å². The van der Waals surface area contributed by atoms with Crippen molar-refractivity contribution in [1.82, 2.24) is 4.90 Å². The molecule has 0 atom stereocenters. The number of ether oxygens (including phenoxy) is 2. The van der Waals surface area contributed by atoms with E-state index in [4.69, 9.17) is 9.47 Å². The van der Waals surface area contributed by atoms with Crippen LogP contribution in [-0.2, 0) is 14.3 Å². The van der Waals surface area contributed by atoms with Crippen molar-refractivity contribution >= 4 is 18.0 Å². The molecular formula is C17H21NO4. The van der Waals surface area contributed by atoms with E-state index in [1.54, 1.807) is 11.0 Å². The number of hydrogen-bond donors (Lipinski definition) is 0. The molecule has 0 unspecified atom stereocenters. The maximum atomic E-state index is 11.7. The van der Waals surface area contributed by atoms with Crippen LogP contribution < -0.4 is 4.74 Å². The molecule has 1 aliphatic rings. The molecule has 1 heterocycles. The molecule has 118 valence electrons. The number of esters is 1.